The maximum absolute atomic E-state index is 4.19. The van der Waals surface area contributed by atoms with E-state index in [2.05, 4.69) is 31.8 Å². The topological polar surface area (TPSA) is 68.5 Å². The zero-order valence-corrected chi connectivity index (χ0v) is 10.3. The molecular formula is C11H16N6. The number of likely N-dealkylation sites (N-methyl/N-ethyl adjacent to an activating group) is 1. The van der Waals surface area contributed by atoms with Crippen molar-refractivity contribution in [2.75, 3.05) is 7.05 Å². The summed E-state index contributed by atoms with van der Waals surface area (Å²) in [5.41, 5.74) is 2.20. The second kappa shape index (κ2) is 5.01. The molecule has 0 radical (unpaired) electrons. The van der Waals surface area contributed by atoms with Gasteiger partial charge in [0.2, 0.25) is 0 Å². The molecule has 90 valence electrons. The Bertz CT molecular complexity index is 492. The lowest BCUT2D eigenvalue weighted by Crippen LogP contribution is -2.19. The molecule has 6 heteroatoms. The summed E-state index contributed by atoms with van der Waals surface area (Å²) in [6.45, 7) is 1.98. The summed E-state index contributed by atoms with van der Waals surface area (Å²) in [5.74, 6) is 0.737. The van der Waals surface area contributed by atoms with E-state index in [0.717, 1.165) is 11.5 Å². The maximum Gasteiger partial charge on any atom is 0.176 e. The molecule has 2 rings (SSSR count). The second-order valence-electron chi connectivity index (χ2n) is 3.97. The van der Waals surface area contributed by atoms with Crippen molar-refractivity contribution in [3.8, 4) is 0 Å². The highest BCUT2D eigenvalue weighted by Crippen LogP contribution is 2.16. The maximum atomic E-state index is 4.19. The largest absolute Gasteiger partial charge is 0.313 e. The van der Waals surface area contributed by atoms with E-state index in [1.54, 1.807) is 7.05 Å². The van der Waals surface area contributed by atoms with E-state index in [4.69, 9.17) is 0 Å². The van der Waals surface area contributed by atoms with Crippen LogP contribution in [0, 0.1) is 6.92 Å². The average molecular weight is 232 g/mol. The number of nitrogens with one attached hydrogen (secondary N) is 1. The van der Waals surface area contributed by atoms with Crippen LogP contribution >= 0.6 is 0 Å². The van der Waals surface area contributed by atoms with Gasteiger partial charge in [-0.1, -0.05) is 0 Å². The number of aromatic nitrogens is 5. The third-order valence-corrected chi connectivity index (χ3v) is 2.61. The predicted octanol–water partition coefficient (Wildman–Crippen LogP) is 0.417. The number of tetrazole rings is 1. The monoisotopic (exact) mass is 232 g/mol. The Balaban J connectivity index is 2.16. The molecule has 0 aliphatic rings. The van der Waals surface area contributed by atoms with Gasteiger partial charge in [-0.25, -0.2) is 0 Å². The average Bonchev–Trinajstić information content (AvgIpc) is 2.72. The number of pyridine rings is 1. The van der Waals surface area contributed by atoms with Crippen LogP contribution in [-0.2, 0) is 13.5 Å². The molecule has 0 bridgehead atoms. The highest BCUT2D eigenvalue weighted by molar-refractivity contribution is 5.20. The first kappa shape index (κ1) is 11.7. The summed E-state index contributed by atoms with van der Waals surface area (Å²) in [6, 6.07) is 4.25. The summed E-state index contributed by atoms with van der Waals surface area (Å²) >= 11 is 0. The zero-order chi connectivity index (χ0) is 12.3. The van der Waals surface area contributed by atoms with Gasteiger partial charge in [-0.3, -0.25) is 4.98 Å². The van der Waals surface area contributed by atoms with E-state index < -0.39 is 0 Å². The third-order valence-electron chi connectivity index (χ3n) is 2.61. The molecule has 0 saturated carbocycles. The summed E-state index contributed by atoms with van der Waals surface area (Å²) < 4.78 is 0. The lowest BCUT2D eigenvalue weighted by Gasteiger charge is -2.14. The normalized spacial score (nSPS) is 12.6. The molecule has 2 aromatic rings. The Morgan fingerprint density at radius 3 is 2.88 bits per heavy atom. The van der Waals surface area contributed by atoms with E-state index in [1.165, 1.54) is 10.4 Å². The van der Waals surface area contributed by atoms with Gasteiger partial charge < -0.3 is 5.32 Å². The van der Waals surface area contributed by atoms with Gasteiger partial charge in [-0.05, 0) is 36.9 Å². The van der Waals surface area contributed by atoms with Crippen LogP contribution in [0.1, 0.15) is 23.1 Å². The summed E-state index contributed by atoms with van der Waals surface area (Å²) in [7, 11) is 3.69. The fourth-order valence-electron chi connectivity index (χ4n) is 1.76. The van der Waals surface area contributed by atoms with Crippen LogP contribution in [0.5, 0.6) is 0 Å². The van der Waals surface area contributed by atoms with Crippen LogP contribution < -0.4 is 5.32 Å². The minimum Gasteiger partial charge on any atom is -0.313 e. The highest BCUT2D eigenvalue weighted by atomic mass is 15.6. The van der Waals surface area contributed by atoms with Gasteiger partial charge in [0, 0.05) is 24.4 Å². The van der Waals surface area contributed by atoms with Gasteiger partial charge in [-0.2, -0.15) is 4.80 Å². The lowest BCUT2D eigenvalue weighted by molar-refractivity contribution is 0.569. The molecule has 0 saturated heterocycles. The molecule has 1 N–H and O–H groups in total. The van der Waals surface area contributed by atoms with E-state index >= 15 is 0 Å². The van der Waals surface area contributed by atoms with Crippen LogP contribution in [0.3, 0.4) is 0 Å². The van der Waals surface area contributed by atoms with E-state index in [0.29, 0.717) is 6.42 Å². The third kappa shape index (κ3) is 2.85. The fourth-order valence-corrected chi connectivity index (χ4v) is 1.76. The Kier molecular flexibility index (Phi) is 3.43. The van der Waals surface area contributed by atoms with Crippen molar-refractivity contribution in [3.05, 3.63) is 35.4 Å². The van der Waals surface area contributed by atoms with E-state index in [9.17, 15) is 0 Å². The van der Waals surface area contributed by atoms with Gasteiger partial charge in [0.05, 0.1) is 7.05 Å². The van der Waals surface area contributed by atoms with Crippen molar-refractivity contribution in [3.63, 3.8) is 0 Å². The smallest absolute Gasteiger partial charge is 0.176 e. The number of nitrogens with zero attached hydrogens (tertiary/aromatic N) is 5. The molecule has 0 aliphatic heterocycles. The Morgan fingerprint density at radius 2 is 2.29 bits per heavy atom. The molecule has 0 spiro atoms. The molecule has 0 aromatic carbocycles. The molecule has 0 amide bonds. The van der Waals surface area contributed by atoms with E-state index in [1.807, 2.05) is 26.2 Å². The van der Waals surface area contributed by atoms with Crippen molar-refractivity contribution < 1.29 is 0 Å². The first-order valence-electron chi connectivity index (χ1n) is 5.51. The minimum atomic E-state index is 0.181. The number of rotatable bonds is 4. The molecule has 1 unspecified atom stereocenters. The molecule has 1 atom stereocenters. The molecule has 0 fully saturated rings. The standard InChI is InChI=1S/C11H16N6/c1-8-6-9(4-5-13-8)10(12-2)7-11-14-16-17(3)15-11/h4-6,10,12H,7H2,1-3H3. The van der Waals surface area contributed by atoms with Gasteiger partial charge in [-0.15, -0.1) is 10.2 Å². The molecule has 2 heterocycles. The highest BCUT2D eigenvalue weighted by Gasteiger charge is 2.13. The summed E-state index contributed by atoms with van der Waals surface area (Å²) in [4.78, 5) is 5.66. The van der Waals surface area contributed by atoms with Crippen LogP contribution in [0.4, 0.5) is 0 Å². The molecular weight excluding hydrogens is 216 g/mol. The van der Waals surface area contributed by atoms with Gasteiger partial charge in [0.15, 0.2) is 5.82 Å². The number of aryl methyl sites for hydroxylation is 2. The van der Waals surface area contributed by atoms with Crippen molar-refractivity contribution in [1.82, 2.24) is 30.5 Å². The van der Waals surface area contributed by atoms with Gasteiger partial charge in [0.1, 0.15) is 0 Å². The fraction of sp³-hybridized carbons (Fsp3) is 0.455. The van der Waals surface area contributed by atoms with Crippen molar-refractivity contribution in [2.45, 2.75) is 19.4 Å². The molecule has 17 heavy (non-hydrogen) atoms. The Morgan fingerprint density at radius 1 is 1.47 bits per heavy atom. The van der Waals surface area contributed by atoms with E-state index in [-0.39, 0.29) is 6.04 Å². The minimum absolute atomic E-state index is 0.181. The molecule has 2 aromatic heterocycles. The van der Waals surface area contributed by atoms with Crippen LogP contribution in [-0.4, -0.2) is 32.2 Å². The Hall–Kier alpha value is -1.82. The number of hydrogen-bond donors (Lipinski definition) is 1. The van der Waals surface area contributed by atoms with Crippen LogP contribution in [0.25, 0.3) is 0 Å². The summed E-state index contributed by atoms with van der Waals surface area (Å²) in [6.07, 6.45) is 2.53. The molecule has 6 nitrogen and oxygen atoms in total. The first-order chi connectivity index (χ1) is 8.19. The van der Waals surface area contributed by atoms with Crippen molar-refractivity contribution in [2.24, 2.45) is 7.05 Å². The molecule has 0 aliphatic carbocycles. The summed E-state index contributed by atoms with van der Waals surface area (Å²) in [5, 5.41) is 15.3. The Labute approximate surface area is 100 Å². The predicted molar refractivity (Wildman–Crippen MR) is 63.3 cm³/mol. The zero-order valence-electron chi connectivity index (χ0n) is 10.3. The number of hydrogen-bond acceptors (Lipinski definition) is 5. The SMILES string of the molecule is CNC(Cc1nnn(C)n1)c1ccnc(C)c1. The first-order valence-corrected chi connectivity index (χ1v) is 5.51. The quantitative estimate of drug-likeness (QED) is 0.827. The second-order valence-corrected chi connectivity index (χ2v) is 3.97. The van der Waals surface area contributed by atoms with Gasteiger partial charge >= 0.3 is 0 Å². The van der Waals surface area contributed by atoms with Crippen LogP contribution in [0.15, 0.2) is 18.3 Å². The van der Waals surface area contributed by atoms with Gasteiger partial charge in [0.25, 0.3) is 0 Å². The van der Waals surface area contributed by atoms with Crippen molar-refractivity contribution in [1.29, 1.82) is 0 Å². The van der Waals surface area contributed by atoms with Crippen LogP contribution in [0.2, 0.25) is 0 Å². The van der Waals surface area contributed by atoms with Crippen molar-refractivity contribution >= 4 is 0 Å². The lowest BCUT2D eigenvalue weighted by atomic mass is 10.0.